The fraction of sp³-hybridized carbons (Fsp3) is 0.846. The molecule has 0 saturated carbocycles. The molecule has 1 aromatic rings. The highest BCUT2D eigenvalue weighted by Crippen LogP contribution is 2.19. The van der Waals surface area contributed by atoms with E-state index in [0.29, 0.717) is 6.54 Å². The Kier molecular flexibility index (Phi) is 5.12. The number of aromatic nitrogens is 3. The van der Waals surface area contributed by atoms with Gasteiger partial charge in [0.15, 0.2) is 0 Å². The zero-order chi connectivity index (χ0) is 12.9. The number of nitrogens with two attached hydrogens (primary N) is 1. The van der Waals surface area contributed by atoms with Crippen molar-refractivity contribution in [1.82, 2.24) is 14.8 Å². The second-order valence-electron chi connectivity index (χ2n) is 5.55. The van der Waals surface area contributed by atoms with Crippen molar-refractivity contribution in [3.8, 4) is 0 Å². The molecule has 0 aliphatic rings. The van der Waals surface area contributed by atoms with E-state index in [4.69, 9.17) is 5.73 Å². The molecule has 98 valence electrons. The third-order valence-corrected chi connectivity index (χ3v) is 2.90. The van der Waals surface area contributed by atoms with Crippen molar-refractivity contribution in [2.75, 3.05) is 0 Å². The Labute approximate surface area is 105 Å². The van der Waals surface area contributed by atoms with Crippen LogP contribution in [0.4, 0.5) is 0 Å². The summed E-state index contributed by atoms with van der Waals surface area (Å²) < 4.78 is 2.19. The van der Waals surface area contributed by atoms with Crippen molar-refractivity contribution in [3.63, 3.8) is 0 Å². The first kappa shape index (κ1) is 14.2. The highest BCUT2D eigenvalue weighted by Gasteiger charge is 2.21. The third kappa shape index (κ3) is 3.80. The van der Waals surface area contributed by atoms with Gasteiger partial charge in [-0.05, 0) is 27.2 Å². The Balaban J connectivity index is 2.75. The smallest absolute Gasteiger partial charge is 0.147 e. The summed E-state index contributed by atoms with van der Waals surface area (Å²) in [7, 11) is 0. The van der Waals surface area contributed by atoms with Crippen LogP contribution in [0.1, 0.15) is 65.0 Å². The van der Waals surface area contributed by atoms with Crippen molar-refractivity contribution in [2.24, 2.45) is 5.73 Å². The van der Waals surface area contributed by atoms with Crippen molar-refractivity contribution < 1.29 is 0 Å². The van der Waals surface area contributed by atoms with Gasteiger partial charge >= 0.3 is 0 Å². The lowest BCUT2D eigenvalue weighted by Gasteiger charge is -2.24. The molecular formula is C13H26N4. The molecule has 0 unspecified atom stereocenters. The molecule has 0 aromatic carbocycles. The second kappa shape index (κ2) is 6.15. The van der Waals surface area contributed by atoms with Gasteiger partial charge in [0, 0.05) is 12.0 Å². The standard InChI is InChI=1S/C13H26N4/c1-5-6-7-8-9-11-15-16-12(10-14)17(11)13(2,3)4/h5-10,14H2,1-4H3. The van der Waals surface area contributed by atoms with Gasteiger partial charge in [0.1, 0.15) is 11.6 Å². The fourth-order valence-corrected chi connectivity index (χ4v) is 2.13. The number of rotatable bonds is 6. The molecule has 2 N–H and O–H groups in total. The first-order chi connectivity index (χ1) is 8.00. The van der Waals surface area contributed by atoms with Crippen LogP contribution in [0.25, 0.3) is 0 Å². The number of hydrogen-bond acceptors (Lipinski definition) is 3. The molecule has 0 aliphatic carbocycles. The van der Waals surface area contributed by atoms with Gasteiger partial charge in [0.25, 0.3) is 0 Å². The molecule has 0 spiro atoms. The van der Waals surface area contributed by atoms with Gasteiger partial charge in [-0.2, -0.15) is 0 Å². The van der Waals surface area contributed by atoms with E-state index < -0.39 is 0 Å². The van der Waals surface area contributed by atoms with Crippen LogP contribution in [-0.4, -0.2) is 14.8 Å². The summed E-state index contributed by atoms with van der Waals surface area (Å²) in [6.07, 6.45) is 6.02. The van der Waals surface area contributed by atoms with Gasteiger partial charge in [-0.15, -0.1) is 10.2 Å². The van der Waals surface area contributed by atoms with E-state index in [1.807, 2.05) is 0 Å². The van der Waals surface area contributed by atoms with E-state index in [1.165, 1.54) is 25.7 Å². The summed E-state index contributed by atoms with van der Waals surface area (Å²) in [4.78, 5) is 0. The van der Waals surface area contributed by atoms with Crippen LogP contribution >= 0.6 is 0 Å². The molecule has 1 rings (SSSR count). The lowest BCUT2D eigenvalue weighted by Crippen LogP contribution is -2.27. The predicted molar refractivity (Wildman–Crippen MR) is 70.8 cm³/mol. The van der Waals surface area contributed by atoms with Gasteiger partial charge in [-0.3, -0.25) is 0 Å². The molecular weight excluding hydrogens is 212 g/mol. The fourth-order valence-electron chi connectivity index (χ4n) is 2.13. The van der Waals surface area contributed by atoms with Crippen molar-refractivity contribution >= 4 is 0 Å². The Hall–Kier alpha value is -0.900. The molecule has 0 bridgehead atoms. The van der Waals surface area contributed by atoms with Crippen LogP contribution in [0.15, 0.2) is 0 Å². The quantitative estimate of drug-likeness (QED) is 0.775. The van der Waals surface area contributed by atoms with Crippen LogP contribution in [-0.2, 0) is 18.5 Å². The largest absolute Gasteiger partial charge is 0.324 e. The van der Waals surface area contributed by atoms with Crippen LogP contribution in [0, 0.1) is 0 Å². The first-order valence-corrected chi connectivity index (χ1v) is 6.64. The maximum atomic E-state index is 5.71. The molecule has 1 heterocycles. The van der Waals surface area contributed by atoms with E-state index >= 15 is 0 Å². The monoisotopic (exact) mass is 238 g/mol. The molecule has 17 heavy (non-hydrogen) atoms. The van der Waals surface area contributed by atoms with E-state index in [2.05, 4.69) is 42.5 Å². The Morgan fingerprint density at radius 3 is 2.24 bits per heavy atom. The SMILES string of the molecule is CCCCCCc1nnc(CN)n1C(C)(C)C. The molecule has 0 radical (unpaired) electrons. The highest BCUT2D eigenvalue weighted by molar-refractivity contribution is 5.01. The molecule has 1 aromatic heterocycles. The summed E-state index contributed by atoms with van der Waals surface area (Å²) >= 11 is 0. The van der Waals surface area contributed by atoms with E-state index in [0.717, 1.165) is 18.1 Å². The van der Waals surface area contributed by atoms with Gasteiger partial charge in [-0.25, -0.2) is 0 Å². The zero-order valence-corrected chi connectivity index (χ0v) is 11.7. The van der Waals surface area contributed by atoms with Crippen LogP contribution in [0.5, 0.6) is 0 Å². The maximum Gasteiger partial charge on any atom is 0.147 e. The van der Waals surface area contributed by atoms with Crippen molar-refractivity contribution in [2.45, 2.75) is 71.9 Å². The van der Waals surface area contributed by atoms with E-state index in [-0.39, 0.29) is 5.54 Å². The van der Waals surface area contributed by atoms with Gasteiger partial charge in [-0.1, -0.05) is 26.2 Å². The number of unbranched alkanes of at least 4 members (excludes halogenated alkanes) is 3. The summed E-state index contributed by atoms with van der Waals surface area (Å²) in [6.45, 7) is 9.20. The van der Waals surface area contributed by atoms with Crippen LogP contribution in [0.3, 0.4) is 0 Å². The molecule has 0 atom stereocenters. The Morgan fingerprint density at radius 1 is 1.06 bits per heavy atom. The van der Waals surface area contributed by atoms with Crippen molar-refractivity contribution in [1.29, 1.82) is 0 Å². The average Bonchev–Trinajstić information content (AvgIpc) is 2.67. The molecule has 4 nitrogen and oxygen atoms in total. The summed E-state index contributed by atoms with van der Waals surface area (Å²) in [5, 5.41) is 8.47. The zero-order valence-electron chi connectivity index (χ0n) is 11.7. The van der Waals surface area contributed by atoms with Crippen LogP contribution in [0.2, 0.25) is 0 Å². The Bertz CT molecular complexity index is 336. The van der Waals surface area contributed by atoms with E-state index in [9.17, 15) is 0 Å². The number of hydrogen-bond donors (Lipinski definition) is 1. The predicted octanol–water partition coefficient (Wildman–Crippen LogP) is 2.61. The van der Waals surface area contributed by atoms with Gasteiger partial charge < -0.3 is 10.3 Å². The lowest BCUT2D eigenvalue weighted by molar-refractivity contribution is 0.367. The molecule has 4 heteroatoms. The normalized spacial score (nSPS) is 12.1. The van der Waals surface area contributed by atoms with Crippen LogP contribution < -0.4 is 5.73 Å². The number of aryl methyl sites for hydroxylation is 1. The molecule has 0 aliphatic heterocycles. The average molecular weight is 238 g/mol. The minimum absolute atomic E-state index is 0.0122. The topological polar surface area (TPSA) is 56.7 Å². The first-order valence-electron chi connectivity index (χ1n) is 6.64. The lowest BCUT2D eigenvalue weighted by atomic mass is 10.1. The highest BCUT2D eigenvalue weighted by atomic mass is 15.3. The molecule has 0 amide bonds. The van der Waals surface area contributed by atoms with E-state index in [1.54, 1.807) is 0 Å². The molecule has 0 fully saturated rings. The minimum atomic E-state index is 0.0122. The summed E-state index contributed by atoms with van der Waals surface area (Å²) in [6, 6.07) is 0. The summed E-state index contributed by atoms with van der Waals surface area (Å²) in [5.74, 6) is 1.97. The number of nitrogens with zero attached hydrogens (tertiary/aromatic N) is 3. The second-order valence-corrected chi connectivity index (χ2v) is 5.55. The summed E-state index contributed by atoms with van der Waals surface area (Å²) in [5.41, 5.74) is 5.73. The molecule has 0 saturated heterocycles. The third-order valence-electron chi connectivity index (χ3n) is 2.90. The maximum absolute atomic E-state index is 5.71. The van der Waals surface area contributed by atoms with Crippen molar-refractivity contribution in [3.05, 3.63) is 11.6 Å². The van der Waals surface area contributed by atoms with Gasteiger partial charge in [0.05, 0.1) is 6.54 Å². The Morgan fingerprint density at radius 2 is 1.71 bits per heavy atom. The minimum Gasteiger partial charge on any atom is -0.324 e. The van der Waals surface area contributed by atoms with Gasteiger partial charge in [0.2, 0.25) is 0 Å².